The SMILES string of the molecule is CCc1[nH]nc(-c2cc(NC3CCCC3)nc(C)n2)c1C. The molecule has 1 fully saturated rings. The van der Waals surface area contributed by atoms with Crippen LogP contribution in [0.4, 0.5) is 5.82 Å². The van der Waals surface area contributed by atoms with E-state index in [1.165, 1.54) is 36.9 Å². The van der Waals surface area contributed by atoms with E-state index in [1.807, 2.05) is 13.0 Å². The van der Waals surface area contributed by atoms with E-state index in [2.05, 4.69) is 39.3 Å². The second kappa shape index (κ2) is 5.84. The minimum atomic E-state index is 0.554. The number of hydrogen-bond acceptors (Lipinski definition) is 4. The number of aromatic nitrogens is 4. The Morgan fingerprint density at radius 2 is 2.00 bits per heavy atom. The van der Waals surface area contributed by atoms with Crippen LogP contribution in [0.25, 0.3) is 11.4 Å². The number of H-pyrrole nitrogens is 1. The van der Waals surface area contributed by atoms with Gasteiger partial charge in [-0.05, 0) is 38.7 Å². The van der Waals surface area contributed by atoms with E-state index in [-0.39, 0.29) is 0 Å². The summed E-state index contributed by atoms with van der Waals surface area (Å²) in [6.45, 7) is 6.16. The molecule has 1 aliphatic rings. The standard InChI is InChI=1S/C16H23N5/c1-4-13-10(2)16(21-20-13)14-9-15(18-11(3)17-14)19-12-7-5-6-8-12/h9,12H,4-8H2,1-3H3,(H,20,21)(H,17,18,19). The van der Waals surface area contributed by atoms with Crippen LogP contribution >= 0.6 is 0 Å². The average Bonchev–Trinajstić information content (AvgIpc) is 3.07. The van der Waals surface area contributed by atoms with Gasteiger partial charge in [0.15, 0.2) is 0 Å². The largest absolute Gasteiger partial charge is 0.367 e. The maximum atomic E-state index is 4.55. The maximum absolute atomic E-state index is 4.55. The predicted molar refractivity (Wildman–Crippen MR) is 84.3 cm³/mol. The molecule has 112 valence electrons. The first-order valence-electron chi connectivity index (χ1n) is 7.83. The van der Waals surface area contributed by atoms with Crippen LogP contribution in [0.3, 0.4) is 0 Å². The number of nitrogens with one attached hydrogen (secondary N) is 2. The molecule has 2 aromatic heterocycles. The first-order valence-corrected chi connectivity index (χ1v) is 7.83. The van der Waals surface area contributed by atoms with E-state index in [0.717, 1.165) is 29.5 Å². The van der Waals surface area contributed by atoms with Gasteiger partial charge >= 0.3 is 0 Å². The number of aryl methyl sites for hydroxylation is 2. The van der Waals surface area contributed by atoms with Crippen molar-refractivity contribution in [3.63, 3.8) is 0 Å². The highest BCUT2D eigenvalue weighted by Crippen LogP contribution is 2.26. The molecule has 0 radical (unpaired) electrons. The van der Waals surface area contributed by atoms with Crippen molar-refractivity contribution in [2.45, 2.75) is 58.9 Å². The van der Waals surface area contributed by atoms with Crippen molar-refractivity contribution < 1.29 is 0 Å². The molecule has 0 atom stereocenters. The van der Waals surface area contributed by atoms with Gasteiger partial charge in [0, 0.05) is 17.8 Å². The Kier molecular flexibility index (Phi) is 3.90. The molecule has 0 unspecified atom stereocenters. The minimum absolute atomic E-state index is 0.554. The quantitative estimate of drug-likeness (QED) is 0.903. The van der Waals surface area contributed by atoms with Gasteiger partial charge in [0.05, 0.1) is 5.69 Å². The predicted octanol–water partition coefficient (Wildman–Crippen LogP) is 3.40. The molecule has 0 spiro atoms. The van der Waals surface area contributed by atoms with Crippen molar-refractivity contribution in [3.05, 3.63) is 23.1 Å². The Balaban J connectivity index is 1.91. The molecule has 2 heterocycles. The summed E-state index contributed by atoms with van der Waals surface area (Å²) in [6, 6.07) is 2.58. The van der Waals surface area contributed by atoms with Gasteiger partial charge in [-0.2, -0.15) is 5.10 Å². The van der Waals surface area contributed by atoms with Crippen LogP contribution in [0.2, 0.25) is 0 Å². The third-order valence-electron chi connectivity index (χ3n) is 4.25. The summed E-state index contributed by atoms with van der Waals surface area (Å²) in [5.41, 5.74) is 4.19. The topological polar surface area (TPSA) is 66.5 Å². The van der Waals surface area contributed by atoms with Crippen LogP contribution in [-0.4, -0.2) is 26.2 Å². The molecule has 2 aromatic rings. The molecular weight excluding hydrogens is 262 g/mol. The zero-order chi connectivity index (χ0) is 14.8. The number of anilines is 1. The van der Waals surface area contributed by atoms with Crippen molar-refractivity contribution in [1.29, 1.82) is 0 Å². The van der Waals surface area contributed by atoms with Gasteiger partial charge in [-0.25, -0.2) is 9.97 Å². The van der Waals surface area contributed by atoms with E-state index in [0.29, 0.717) is 6.04 Å². The summed E-state index contributed by atoms with van der Waals surface area (Å²) < 4.78 is 0. The Hall–Kier alpha value is -1.91. The van der Waals surface area contributed by atoms with Gasteiger partial charge in [0.1, 0.15) is 17.3 Å². The van der Waals surface area contributed by atoms with E-state index < -0.39 is 0 Å². The van der Waals surface area contributed by atoms with E-state index >= 15 is 0 Å². The molecular formula is C16H23N5. The molecule has 0 amide bonds. The van der Waals surface area contributed by atoms with Crippen molar-refractivity contribution in [1.82, 2.24) is 20.2 Å². The monoisotopic (exact) mass is 285 g/mol. The fourth-order valence-corrected chi connectivity index (χ4v) is 3.07. The number of nitrogens with zero attached hydrogens (tertiary/aromatic N) is 3. The first-order chi connectivity index (χ1) is 10.2. The van der Waals surface area contributed by atoms with Gasteiger partial charge in [-0.15, -0.1) is 0 Å². The van der Waals surface area contributed by atoms with Crippen LogP contribution in [0.1, 0.15) is 49.7 Å². The fourth-order valence-electron chi connectivity index (χ4n) is 3.07. The Labute approximate surface area is 125 Å². The van der Waals surface area contributed by atoms with Crippen LogP contribution in [0.5, 0.6) is 0 Å². The Bertz CT molecular complexity index is 626. The summed E-state index contributed by atoms with van der Waals surface area (Å²) in [4.78, 5) is 9.07. The third kappa shape index (κ3) is 2.91. The average molecular weight is 285 g/mol. The summed E-state index contributed by atoms with van der Waals surface area (Å²) in [7, 11) is 0. The molecule has 0 bridgehead atoms. The minimum Gasteiger partial charge on any atom is -0.367 e. The molecule has 3 rings (SSSR count). The third-order valence-corrected chi connectivity index (χ3v) is 4.25. The summed E-state index contributed by atoms with van der Waals surface area (Å²) in [6.07, 6.45) is 6.05. The molecule has 0 saturated heterocycles. The van der Waals surface area contributed by atoms with Crippen molar-refractivity contribution in [2.75, 3.05) is 5.32 Å². The van der Waals surface area contributed by atoms with Crippen molar-refractivity contribution in [3.8, 4) is 11.4 Å². The van der Waals surface area contributed by atoms with Gasteiger partial charge < -0.3 is 5.32 Å². The highest BCUT2D eigenvalue weighted by atomic mass is 15.1. The lowest BCUT2D eigenvalue weighted by Crippen LogP contribution is -2.16. The van der Waals surface area contributed by atoms with Crippen LogP contribution < -0.4 is 5.32 Å². The van der Waals surface area contributed by atoms with E-state index in [1.54, 1.807) is 0 Å². The van der Waals surface area contributed by atoms with Gasteiger partial charge in [-0.3, -0.25) is 5.10 Å². The van der Waals surface area contributed by atoms with Crippen LogP contribution in [-0.2, 0) is 6.42 Å². The van der Waals surface area contributed by atoms with Crippen molar-refractivity contribution in [2.24, 2.45) is 0 Å². The molecule has 5 heteroatoms. The summed E-state index contributed by atoms with van der Waals surface area (Å²) >= 11 is 0. The Morgan fingerprint density at radius 1 is 1.24 bits per heavy atom. The molecule has 21 heavy (non-hydrogen) atoms. The molecule has 0 aromatic carbocycles. The van der Waals surface area contributed by atoms with Crippen LogP contribution in [0.15, 0.2) is 6.07 Å². The first kappa shape index (κ1) is 14.0. The van der Waals surface area contributed by atoms with Gasteiger partial charge in [-0.1, -0.05) is 19.8 Å². The number of rotatable bonds is 4. The highest BCUT2D eigenvalue weighted by molar-refractivity contribution is 5.63. The fraction of sp³-hybridized carbons (Fsp3) is 0.562. The van der Waals surface area contributed by atoms with Gasteiger partial charge in [0.2, 0.25) is 0 Å². The zero-order valence-corrected chi connectivity index (χ0v) is 13.0. The maximum Gasteiger partial charge on any atom is 0.130 e. The lowest BCUT2D eigenvalue weighted by Gasteiger charge is -2.13. The normalized spacial score (nSPS) is 15.6. The highest BCUT2D eigenvalue weighted by Gasteiger charge is 2.17. The molecule has 5 nitrogen and oxygen atoms in total. The number of aromatic amines is 1. The van der Waals surface area contributed by atoms with Gasteiger partial charge in [0.25, 0.3) is 0 Å². The second-order valence-corrected chi connectivity index (χ2v) is 5.84. The summed E-state index contributed by atoms with van der Waals surface area (Å²) in [5, 5.41) is 11.1. The van der Waals surface area contributed by atoms with Crippen LogP contribution in [0, 0.1) is 13.8 Å². The smallest absolute Gasteiger partial charge is 0.130 e. The van der Waals surface area contributed by atoms with E-state index in [4.69, 9.17) is 0 Å². The Morgan fingerprint density at radius 3 is 2.67 bits per heavy atom. The summed E-state index contributed by atoms with van der Waals surface area (Å²) in [5.74, 6) is 1.71. The molecule has 1 aliphatic carbocycles. The molecule has 2 N–H and O–H groups in total. The number of hydrogen-bond donors (Lipinski definition) is 2. The van der Waals surface area contributed by atoms with Crippen molar-refractivity contribution >= 4 is 5.82 Å². The zero-order valence-electron chi connectivity index (χ0n) is 13.0. The second-order valence-electron chi connectivity index (χ2n) is 5.84. The molecule has 0 aliphatic heterocycles. The van der Waals surface area contributed by atoms with E-state index in [9.17, 15) is 0 Å². The molecule has 1 saturated carbocycles. The lowest BCUT2D eigenvalue weighted by molar-refractivity contribution is 0.748. The lowest BCUT2D eigenvalue weighted by atomic mass is 10.1.